The molecule has 0 fully saturated rings. The van der Waals surface area contributed by atoms with Crippen molar-refractivity contribution in [1.29, 1.82) is 0 Å². The smallest absolute Gasteiger partial charge is 0.408 e. The van der Waals surface area contributed by atoms with Crippen molar-refractivity contribution in [3.8, 4) is 0 Å². The van der Waals surface area contributed by atoms with E-state index in [0.29, 0.717) is 5.56 Å². The number of nitrogens with one attached hydrogen (secondary N) is 1. The lowest BCUT2D eigenvalue weighted by Gasteiger charge is -2.26. The van der Waals surface area contributed by atoms with Gasteiger partial charge in [0.15, 0.2) is 6.10 Å². The SMILES string of the molecule is CC(C)(C)OC(=O)N[C@@H](c1ccccc1)[C@@H](O)C(=O)OCc1ccccc1. The fourth-order valence-electron chi connectivity index (χ4n) is 2.39. The minimum Gasteiger partial charge on any atom is -0.459 e. The molecule has 0 aliphatic rings. The van der Waals surface area contributed by atoms with Crippen LogP contribution < -0.4 is 5.32 Å². The highest BCUT2D eigenvalue weighted by molar-refractivity contribution is 5.77. The fourth-order valence-corrected chi connectivity index (χ4v) is 2.39. The van der Waals surface area contributed by atoms with Crippen LogP contribution in [0, 0.1) is 0 Å². The Labute approximate surface area is 159 Å². The standard InChI is InChI=1S/C21H25NO5/c1-21(2,3)27-20(25)22-17(16-12-8-5-9-13-16)18(23)19(24)26-14-15-10-6-4-7-11-15/h4-13,17-18,23H,14H2,1-3H3,(H,22,25)/t17-,18+/m0/s1. The predicted molar refractivity (Wildman–Crippen MR) is 101 cm³/mol. The molecule has 0 spiro atoms. The molecule has 0 radical (unpaired) electrons. The maximum Gasteiger partial charge on any atom is 0.408 e. The van der Waals surface area contributed by atoms with Gasteiger partial charge >= 0.3 is 12.1 Å². The summed E-state index contributed by atoms with van der Waals surface area (Å²) in [6, 6.07) is 16.9. The largest absolute Gasteiger partial charge is 0.459 e. The molecule has 2 rings (SSSR count). The summed E-state index contributed by atoms with van der Waals surface area (Å²) in [7, 11) is 0. The van der Waals surface area contributed by atoms with E-state index in [9.17, 15) is 14.7 Å². The van der Waals surface area contributed by atoms with Crippen molar-refractivity contribution in [2.24, 2.45) is 0 Å². The number of carbonyl (C=O) groups is 2. The van der Waals surface area contributed by atoms with Crippen molar-refractivity contribution in [2.45, 2.75) is 45.1 Å². The third kappa shape index (κ3) is 6.75. The summed E-state index contributed by atoms with van der Waals surface area (Å²) in [5.74, 6) is -0.830. The Morgan fingerprint density at radius 2 is 1.56 bits per heavy atom. The molecular weight excluding hydrogens is 346 g/mol. The molecule has 2 aromatic rings. The number of esters is 1. The van der Waals surface area contributed by atoms with E-state index in [2.05, 4.69) is 5.32 Å². The summed E-state index contributed by atoms with van der Waals surface area (Å²) >= 11 is 0. The van der Waals surface area contributed by atoms with Gasteiger partial charge in [-0.05, 0) is 31.9 Å². The third-order valence-corrected chi connectivity index (χ3v) is 3.61. The third-order valence-electron chi connectivity index (χ3n) is 3.61. The summed E-state index contributed by atoms with van der Waals surface area (Å²) in [4.78, 5) is 24.5. The van der Waals surface area contributed by atoms with Crippen molar-refractivity contribution in [3.63, 3.8) is 0 Å². The molecule has 0 aliphatic heterocycles. The average molecular weight is 371 g/mol. The van der Waals surface area contributed by atoms with Gasteiger partial charge in [0.2, 0.25) is 0 Å². The molecule has 0 unspecified atom stereocenters. The molecular formula is C21H25NO5. The molecule has 2 N–H and O–H groups in total. The molecule has 0 aromatic heterocycles. The highest BCUT2D eigenvalue weighted by Gasteiger charge is 2.31. The van der Waals surface area contributed by atoms with Gasteiger partial charge in [0.1, 0.15) is 12.2 Å². The first-order chi connectivity index (χ1) is 12.8. The van der Waals surface area contributed by atoms with E-state index in [1.807, 2.05) is 30.3 Å². The van der Waals surface area contributed by atoms with E-state index >= 15 is 0 Å². The van der Waals surface area contributed by atoms with Crippen molar-refractivity contribution >= 4 is 12.1 Å². The maximum absolute atomic E-state index is 12.3. The van der Waals surface area contributed by atoms with Gasteiger partial charge in [-0.15, -0.1) is 0 Å². The Balaban J connectivity index is 2.09. The molecule has 0 heterocycles. The minimum absolute atomic E-state index is 0.0324. The summed E-state index contributed by atoms with van der Waals surface area (Å²) in [6.45, 7) is 5.22. The van der Waals surface area contributed by atoms with Gasteiger partial charge in [0.25, 0.3) is 0 Å². The van der Waals surface area contributed by atoms with Gasteiger partial charge in [-0.3, -0.25) is 0 Å². The maximum atomic E-state index is 12.3. The van der Waals surface area contributed by atoms with E-state index in [0.717, 1.165) is 5.56 Å². The van der Waals surface area contributed by atoms with E-state index in [1.54, 1.807) is 51.1 Å². The van der Waals surface area contributed by atoms with Gasteiger partial charge in [0, 0.05) is 0 Å². The molecule has 2 aromatic carbocycles. The molecule has 0 saturated carbocycles. The summed E-state index contributed by atoms with van der Waals surface area (Å²) in [5, 5.41) is 13.1. The Hall–Kier alpha value is -2.86. The second kappa shape index (κ2) is 9.19. The first kappa shape index (κ1) is 20.5. The zero-order chi connectivity index (χ0) is 19.9. The Kier molecular flexibility index (Phi) is 6.96. The lowest BCUT2D eigenvalue weighted by atomic mass is 10.0. The van der Waals surface area contributed by atoms with Crippen LogP contribution in [-0.2, 0) is 20.9 Å². The van der Waals surface area contributed by atoms with Crippen LogP contribution in [0.25, 0.3) is 0 Å². The van der Waals surface area contributed by atoms with Gasteiger partial charge in [0.05, 0.1) is 6.04 Å². The second-order valence-corrected chi connectivity index (χ2v) is 7.07. The zero-order valence-corrected chi connectivity index (χ0v) is 15.7. The first-order valence-corrected chi connectivity index (χ1v) is 8.69. The van der Waals surface area contributed by atoms with E-state index < -0.39 is 29.8 Å². The average Bonchev–Trinajstić information content (AvgIpc) is 2.64. The fraction of sp³-hybridized carbons (Fsp3) is 0.333. The number of hydrogen-bond acceptors (Lipinski definition) is 5. The van der Waals surface area contributed by atoms with Crippen LogP contribution >= 0.6 is 0 Å². The molecule has 2 atom stereocenters. The van der Waals surface area contributed by atoms with Crippen molar-refractivity contribution < 1.29 is 24.2 Å². The first-order valence-electron chi connectivity index (χ1n) is 8.69. The molecule has 1 amide bonds. The van der Waals surface area contributed by atoms with Gasteiger partial charge in [-0.1, -0.05) is 60.7 Å². The molecule has 27 heavy (non-hydrogen) atoms. The number of aliphatic hydroxyl groups is 1. The summed E-state index contributed by atoms with van der Waals surface area (Å²) < 4.78 is 10.4. The zero-order valence-electron chi connectivity index (χ0n) is 15.7. The molecule has 0 bridgehead atoms. The van der Waals surface area contributed by atoms with Crippen LogP contribution in [0.1, 0.15) is 37.9 Å². The van der Waals surface area contributed by atoms with Crippen molar-refractivity contribution in [2.75, 3.05) is 0 Å². The van der Waals surface area contributed by atoms with Gasteiger partial charge in [-0.2, -0.15) is 0 Å². The number of rotatable bonds is 6. The summed E-state index contributed by atoms with van der Waals surface area (Å²) in [5.41, 5.74) is 0.659. The van der Waals surface area contributed by atoms with Crippen LogP contribution in [-0.4, -0.2) is 28.9 Å². The van der Waals surface area contributed by atoms with E-state index in [1.165, 1.54) is 0 Å². The van der Waals surface area contributed by atoms with Crippen molar-refractivity contribution in [1.82, 2.24) is 5.32 Å². The number of benzene rings is 2. The van der Waals surface area contributed by atoms with Crippen molar-refractivity contribution in [3.05, 3.63) is 71.8 Å². The van der Waals surface area contributed by atoms with Crippen LogP contribution in [0.4, 0.5) is 4.79 Å². The predicted octanol–water partition coefficient (Wildman–Crippen LogP) is 3.36. The van der Waals surface area contributed by atoms with Gasteiger partial charge in [-0.25, -0.2) is 9.59 Å². The topological polar surface area (TPSA) is 84.9 Å². The number of alkyl carbamates (subject to hydrolysis) is 1. The highest BCUT2D eigenvalue weighted by atomic mass is 16.6. The lowest BCUT2D eigenvalue weighted by Crippen LogP contribution is -2.43. The van der Waals surface area contributed by atoms with Crippen LogP contribution in [0.5, 0.6) is 0 Å². The Morgan fingerprint density at radius 3 is 2.11 bits per heavy atom. The monoisotopic (exact) mass is 371 g/mol. The number of hydrogen-bond donors (Lipinski definition) is 2. The highest BCUT2D eigenvalue weighted by Crippen LogP contribution is 2.20. The second-order valence-electron chi connectivity index (χ2n) is 7.07. The molecule has 6 heteroatoms. The normalized spacial score (nSPS) is 13.3. The summed E-state index contributed by atoms with van der Waals surface area (Å²) in [6.07, 6.45) is -2.31. The van der Waals surface area contributed by atoms with E-state index in [4.69, 9.17) is 9.47 Å². The molecule has 0 saturated heterocycles. The van der Waals surface area contributed by atoms with Crippen LogP contribution in [0.15, 0.2) is 60.7 Å². The number of amides is 1. The quantitative estimate of drug-likeness (QED) is 0.761. The Bertz CT molecular complexity index is 740. The molecule has 144 valence electrons. The van der Waals surface area contributed by atoms with Crippen LogP contribution in [0.3, 0.4) is 0 Å². The Morgan fingerprint density at radius 1 is 1.00 bits per heavy atom. The molecule has 6 nitrogen and oxygen atoms in total. The van der Waals surface area contributed by atoms with Crippen LogP contribution in [0.2, 0.25) is 0 Å². The van der Waals surface area contributed by atoms with Gasteiger partial charge < -0.3 is 19.9 Å². The van der Waals surface area contributed by atoms with E-state index in [-0.39, 0.29) is 6.61 Å². The number of carbonyl (C=O) groups excluding carboxylic acids is 2. The minimum atomic E-state index is -1.58. The number of ether oxygens (including phenoxy) is 2. The number of aliphatic hydroxyl groups excluding tert-OH is 1. The molecule has 0 aliphatic carbocycles. The lowest BCUT2D eigenvalue weighted by molar-refractivity contribution is -0.156.